The minimum atomic E-state index is -0.0324. The van der Waals surface area contributed by atoms with Crippen molar-refractivity contribution in [2.24, 2.45) is 0 Å². The van der Waals surface area contributed by atoms with E-state index in [1.807, 2.05) is 0 Å². The summed E-state index contributed by atoms with van der Waals surface area (Å²) in [5.74, 6) is -0.0324. The molecular formula is C19H42N4+2. The van der Waals surface area contributed by atoms with Gasteiger partial charge in [-0.2, -0.15) is 9.80 Å². The molecule has 0 aliphatic carbocycles. The molecule has 0 N–H and O–H groups in total. The molecule has 2 aliphatic rings. The molecule has 2 saturated heterocycles. The Bertz CT molecular complexity index is 476. The molecule has 0 aromatic rings. The maximum absolute atomic E-state index is 2.83. The van der Waals surface area contributed by atoms with Gasteiger partial charge in [0.05, 0.1) is 40.3 Å². The quantitative estimate of drug-likeness (QED) is 0.720. The first-order valence-electron chi connectivity index (χ1n) is 9.30. The first-order chi connectivity index (χ1) is 10.1. The first kappa shape index (κ1) is 19.2. The fourth-order valence-electron chi connectivity index (χ4n) is 6.28. The van der Waals surface area contributed by atoms with Crippen LogP contribution in [0, 0.1) is 0 Å². The number of nitrogens with zero attached hydrogens (tertiary/aromatic N) is 4. The van der Waals surface area contributed by atoms with Crippen LogP contribution in [0.1, 0.15) is 55.4 Å². The number of hydrogen-bond acceptors (Lipinski definition) is 2. The summed E-state index contributed by atoms with van der Waals surface area (Å²) in [5.41, 5.74) is 0.397. The van der Waals surface area contributed by atoms with Crippen molar-refractivity contribution in [3.8, 4) is 0 Å². The predicted octanol–water partition coefficient (Wildman–Crippen LogP) is 2.76. The molecule has 2 aliphatic heterocycles. The molecule has 2 heterocycles. The minimum absolute atomic E-state index is 0.0324. The lowest BCUT2D eigenvalue weighted by atomic mass is 10.0. The van der Waals surface area contributed by atoms with Crippen LogP contribution in [0.2, 0.25) is 0 Å². The van der Waals surface area contributed by atoms with Gasteiger partial charge in [0.25, 0.3) is 0 Å². The zero-order valence-electron chi connectivity index (χ0n) is 17.9. The van der Waals surface area contributed by atoms with Gasteiger partial charge in [-0.25, -0.2) is 8.97 Å². The largest absolute Gasteiger partial charge is 0.357 e. The van der Waals surface area contributed by atoms with Gasteiger partial charge >= 0.3 is 5.91 Å². The summed E-state index contributed by atoms with van der Waals surface area (Å²) < 4.78 is 2.03. The van der Waals surface area contributed by atoms with Crippen molar-refractivity contribution in [2.75, 3.05) is 41.3 Å². The Kier molecular flexibility index (Phi) is 4.11. The normalized spacial score (nSPS) is 35.7. The van der Waals surface area contributed by atoms with Crippen LogP contribution in [0.4, 0.5) is 0 Å². The van der Waals surface area contributed by atoms with Crippen LogP contribution in [0.3, 0.4) is 0 Å². The van der Waals surface area contributed by atoms with E-state index in [4.69, 9.17) is 0 Å². The minimum Gasteiger partial charge on any atom is -0.246 e. The van der Waals surface area contributed by atoms with Crippen LogP contribution in [-0.4, -0.2) is 89.1 Å². The lowest BCUT2D eigenvalue weighted by Gasteiger charge is -2.57. The van der Waals surface area contributed by atoms with Crippen LogP contribution in [0.25, 0.3) is 0 Å². The second-order valence-electron chi connectivity index (χ2n) is 10.7. The maximum Gasteiger partial charge on any atom is 0.357 e. The lowest BCUT2D eigenvalue weighted by Crippen LogP contribution is -2.83. The first-order valence-corrected chi connectivity index (χ1v) is 9.30. The van der Waals surface area contributed by atoms with E-state index in [0.717, 1.165) is 15.5 Å². The summed E-state index contributed by atoms with van der Waals surface area (Å²) in [6.07, 6.45) is 0. The van der Waals surface area contributed by atoms with E-state index in [0.29, 0.717) is 12.1 Å². The van der Waals surface area contributed by atoms with Gasteiger partial charge in [0, 0.05) is 12.1 Å². The van der Waals surface area contributed by atoms with Gasteiger partial charge in [-0.15, -0.1) is 0 Å². The lowest BCUT2D eigenvalue weighted by molar-refractivity contribution is -1.16. The molecule has 136 valence electrons. The number of rotatable bonds is 2. The highest BCUT2D eigenvalue weighted by Gasteiger charge is 2.81. The van der Waals surface area contributed by atoms with Crippen LogP contribution in [0.5, 0.6) is 0 Å². The van der Waals surface area contributed by atoms with Gasteiger partial charge < -0.3 is 0 Å². The summed E-state index contributed by atoms with van der Waals surface area (Å²) in [7, 11) is 9.81. The van der Waals surface area contributed by atoms with Crippen molar-refractivity contribution in [3.63, 3.8) is 0 Å². The molecule has 0 aromatic heterocycles. The highest BCUT2D eigenvalue weighted by atomic mass is 15.9. The zero-order chi connectivity index (χ0) is 18.2. The molecule has 23 heavy (non-hydrogen) atoms. The van der Waals surface area contributed by atoms with Crippen molar-refractivity contribution in [3.05, 3.63) is 0 Å². The Hall–Kier alpha value is -0.160. The summed E-state index contributed by atoms with van der Waals surface area (Å²) >= 11 is 0. The van der Waals surface area contributed by atoms with Crippen molar-refractivity contribution in [2.45, 2.75) is 84.5 Å². The molecule has 0 saturated carbocycles. The van der Waals surface area contributed by atoms with Crippen LogP contribution >= 0.6 is 0 Å². The van der Waals surface area contributed by atoms with E-state index in [1.165, 1.54) is 6.54 Å². The van der Waals surface area contributed by atoms with Crippen molar-refractivity contribution >= 4 is 0 Å². The van der Waals surface area contributed by atoms with Gasteiger partial charge in [-0.05, 0) is 55.4 Å². The van der Waals surface area contributed by atoms with Crippen LogP contribution in [0.15, 0.2) is 0 Å². The Morgan fingerprint density at radius 3 is 1.70 bits per heavy atom. The van der Waals surface area contributed by atoms with Gasteiger partial charge in [-0.3, -0.25) is 0 Å². The Labute approximate surface area is 145 Å². The summed E-state index contributed by atoms with van der Waals surface area (Å²) in [6.45, 7) is 21.6. The molecule has 0 aromatic carbocycles. The molecule has 0 radical (unpaired) electrons. The van der Waals surface area contributed by atoms with E-state index in [1.54, 1.807) is 0 Å². The molecular weight excluding hydrogens is 284 g/mol. The molecule has 1 spiro atoms. The average molecular weight is 327 g/mol. The third kappa shape index (κ3) is 2.11. The standard InChI is InChI=1S/C19H42N4/c1-15(2)20-13-18(7,8)23(11,12)19(20)21(16(3)4)17(5,6)14-22(19,9)10/h15-16H,13-14H2,1-12H3/q+2. The van der Waals surface area contributed by atoms with Gasteiger partial charge in [0.2, 0.25) is 0 Å². The van der Waals surface area contributed by atoms with E-state index >= 15 is 0 Å². The molecule has 2 fully saturated rings. The van der Waals surface area contributed by atoms with Crippen molar-refractivity contribution in [1.29, 1.82) is 0 Å². The van der Waals surface area contributed by atoms with E-state index in [-0.39, 0.29) is 17.0 Å². The Morgan fingerprint density at radius 1 is 0.826 bits per heavy atom. The highest BCUT2D eigenvalue weighted by Crippen LogP contribution is 2.56. The maximum atomic E-state index is 2.83. The SMILES string of the molecule is CC(C)N1CC(C)(C)[N+](C)(C)C12N(C(C)C)C(C)(C)C[N+]2(C)C. The molecule has 1 unspecified atom stereocenters. The third-order valence-corrected chi connectivity index (χ3v) is 6.92. The number of quaternary nitrogens is 2. The molecule has 0 amide bonds. The fourth-order valence-corrected chi connectivity index (χ4v) is 6.28. The third-order valence-electron chi connectivity index (χ3n) is 6.92. The van der Waals surface area contributed by atoms with Crippen LogP contribution < -0.4 is 0 Å². The summed E-state index contributed by atoms with van der Waals surface area (Å²) in [4.78, 5) is 5.62. The van der Waals surface area contributed by atoms with Gasteiger partial charge in [0.1, 0.15) is 12.1 Å². The van der Waals surface area contributed by atoms with Crippen LogP contribution in [-0.2, 0) is 0 Å². The monoisotopic (exact) mass is 326 g/mol. The number of hydrogen-bond donors (Lipinski definition) is 0. The fraction of sp³-hybridized carbons (Fsp3) is 1.00. The van der Waals surface area contributed by atoms with Gasteiger partial charge in [-0.1, -0.05) is 0 Å². The van der Waals surface area contributed by atoms with E-state index in [2.05, 4.69) is 93.4 Å². The summed E-state index contributed by atoms with van der Waals surface area (Å²) in [5, 5.41) is 0. The molecule has 2 rings (SSSR count). The molecule has 1 atom stereocenters. The number of likely N-dealkylation sites (N-methyl/N-ethyl adjacent to an activating group) is 2. The summed E-state index contributed by atoms with van der Waals surface area (Å²) in [6, 6.07) is 1.04. The highest BCUT2D eigenvalue weighted by molar-refractivity contribution is 5.02. The Morgan fingerprint density at radius 2 is 1.30 bits per heavy atom. The van der Waals surface area contributed by atoms with E-state index in [9.17, 15) is 0 Å². The van der Waals surface area contributed by atoms with Crippen molar-refractivity contribution < 1.29 is 8.97 Å². The molecule has 4 nitrogen and oxygen atoms in total. The zero-order valence-corrected chi connectivity index (χ0v) is 17.9. The second kappa shape index (κ2) is 4.94. The molecule has 4 heteroatoms. The average Bonchev–Trinajstić information content (AvgIpc) is 2.56. The molecule has 0 bridgehead atoms. The van der Waals surface area contributed by atoms with E-state index < -0.39 is 0 Å². The van der Waals surface area contributed by atoms with Crippen molar-refractivity contribution in [1.82, 2.24) is 9.80 Å². The predicted molar refractivity (Wildman–Crippen MR) is 98.8 cm³/mol. The smallest absolute Gasteiger partial charge is 0.246 e. The second-order valence-corrected chi connectivity index (χ2v) is 10.7. The Balaban J connectivity index is 2.84. The van der Waals surface area contributed by atoms with Gasteiger partial charge in [0.15, 0.2) is 0 Å². The topological polar surface area (TPSA) is 6.48 Å².